The lowest BCUT2D eigenvalue weighted by Crippen LogP contribution is -2.16. The molecule has 1 nitrogen and oxygen atoms in total. The second kappa shape index (κ2) is 4.89. The highest BCUT2D eigenvalue weighted by molar-refractivity contribution is 6.30. The van der Waals surface area contributed by atoms with Crippen LogP contribution in [0.2, 0.25) is 5.02 Å². The normalized spacial score (nSPS) is 19.5. The second-order valence-corrected chi connectivity index (χ2v) is 4.72. The van der Waals surface area contributed by atoms with E-state index in [0.717, 1.165) is 17.5 Å². The van der Waals surface area contributed by atoms with Gasteiger partial charge in [0.1, 0.15) is 0 Å². The van der Waals surface area contributed by atoms with Gasteiger partial charge in [0.05, 0.1) is 0 Å². The molecule has 82 valence electrons. The number of unbranched alkanes of at least 4 members (excludes halogenated alkanes) is 1. The Morgan fingerprint density at radius 2 is 2.33 bits per heavy atom. The standard InChI is InChI=1S/C13H18ClN/c1-2-3-4-10-7-8-15-13-9-11(14)5-6-12(10)13/h5-6,9-10,15H,2-4,7-8H2,1H3/t10-/m0/s1. The van der Waals surface area contributed by atoms with Gasteiger partial charge >= 0.3 is 0 Å². The van der Waals surface area contributed by atoms with Crippen LogP contribution in [-0.2, 0) is 0 Å². The first-order valence-corrected chi connectivity index (χ1v) is 6.22. The fourth-order valence-corrected chi connectivity index (χ4v) is 2.50. The van der Waals surface area contributed by atoms with Crippen LogP contribution in [-0.4, -0.2) is 6.54 Å². The van der Waals surface area contributed by atoms with E-state index in [9.17, 15) is 0 Å². The number of fused-ring (bicyclic) bond motifs is 1. The molecule has 2 heteroatoms. The molecule has 0 radical (unpaired) electrons. The topological polar surface area (TPSA) is 12.0 Å². The van der Waals surface area contributed by atoms with Gasteiger partial charge in [-0.3, -0.25) is 0 Å². The van der Waals surface area contributed by atoms with E-state index >= 15 is 0 Å². The summed E-state index contributed by atoms with van der Waals surface area (Å²) in [4.78, 5) is 0. The molecule has 0 aliphatic carbocycles. The zero-order valence-corrected chi connectivity index (χ0v) is 9.98. The van der Waals surface area contributed by atoms with Crippen LogP contribution in [0, 0.1) is 0 Å². The third-order valence-corrected chi connectivity index (χ3v) is 3.40. The Bertz CT molecular complexity index is 335. The summed E-state index contributed by atoms with van der Waals surface area (Å²) >= 11 is 5.99. The minimum Gasteiger partial charge on any atom is -0.385 e. The van der Waals surface area contributed by atoms with Crippen molar-refractivity contribution in [3.63, 3.8) is 0 Å². The number of benzene rings is 1. The van der Waals surface area contributed by atoms with Crippen molar-refractivity contribution in [2.75, 3.05) is 11.9 Å². The summed E-state index contributed by atoms with van der Waals surface area (Å²) in [5, 5.41) is 4.26. The van der Waals surface area contributed by atoms with Gasteiger partial charge in [0, 0.05) is 17.3 Å². The molecule has 0 saturated heterocycles. The van der Waals surface area contributed by atoms with Crippen molar-refractivity contribution in [2.45, 2.75) is 38.5 Å². The van der Waals surface area contributed by atoms with Crippen molar-refractivity contribution in [1.29, 1.82) is 0 Å². The monoisotopic (exact) mass is 223 g/mol. The molecule has 1 aromatic carbocycles. The van der Waals surface area contributed by atoms with Crippen molar-refractivity contribution >= 4 is 17.3 Å². The molecule has 0 amide bonds. The van der Waals surface area contributed by atoms with Gasteiger partial charge in [-0.15, -0.1) is 0 Å². The maximum absolute atomic E-state index is 5.99. The summed E-state index contributed by atoms with van der Waals surface area (Å²) in [6.07, 6.45) is 5.18. The molecule has 1 aliphatic rings. The Morgan fingerprint density at radius 3 is 3.13 bits per heavy atom. The SMILES string of the molecule is CCCC[C@H]1CCNc2cc(Cl)ccc21. The van der Waals surface area contributed by atoms with Crippen molar-refractivity contribution in [3.8, 4) is 0 Å². The molecular weight excluding hydrogens is 206 g/mol. The molecule has 1 N–H and O–H groups in total. The fraction of sp³-hybridized carbons (Fsp3) is 0.538. The van der Waals surface area contributed by atoms with Crippen LogP contribution in [0.25, 0.3) is 0 Å². The van der Waals surface area contributed by atoms with E-state index in [0.29, 0.717) is 0 Å². The highest BCUT2D eigenvalue weighted by atomic mass is 35.5. The summed E-state index contributed by atoms with van der Waals surface area (Å²) in [6.45, 7) is 3.34. The minimum absolute atomic E-state index is 0.735. The highest BCUT2D eigenvalue weighted by Crippen LogP contribution is 2.36. The molecule has 1 aliphatic heterocycles. The molecule has 1 heterocycles. The summed E-state index contributed by atoms with van der Waals surface area (Å²) in [7, 11) is 0. The van der Waals surface area contributed by atoms with Crippen LogP contribution in [0.4, 0.5) is 5.69 Å². The maximum atomic E-state index is 5.99. The number of nitrogens with one attached hydrogen (secondary N) is 1. The second-order valence-electron chi connectivity index (χ2n) is 4.29. The quantitative estimate of drug-likeness (QED) is 0.800. The third kappa shape index (κ3) is 2.46. The number of hydrogen-bond donors (Lipinski definition) is 1. The van der Waals surface area contributed by atoms with Gasteiger partial charge < -0.3 is 5.32 Å². The maximum Gasteiger partial charge on any atom is 0.0426 e. The first kappa shape index (κ1) is 10.8. The predicted octanol–water partition coefficient (Wildman–Crippen LogP) is 4.43. The Kier molecular flexibility index (Phi) is 3.53. The molecule has 0 fully saturated rings. The summed E-state index contributed by atoms with van der Waals surface area (Å²) in [6, 6.07) is 6.24. The molecule has 1 atom stereocenters. The Labute approximate surface area is 96.8 Å². The van der Waals surface area contributed by atoms with E-state index in [1.165, 1.54) is 36.9 Å². The van der Waals surface area contributed by atoms with Crippen LogP contribution < -0.4 is 5.32 Å². The highest BCUT2D eigenvalue weighted by Gasteiger charge is 2.19. The predicted molar refractivity (Wildman–Crippen MR) is 66.8 cm³/mol. The Balaban J connectivity index is 2.18. The van der Waals surface area contributed by atoms with Crippen LogP contribution >= 0.6 is 11.6 Å². The van der Waals surface area contributed by atoms with Crippen LogP contribution in [0.3, 0.4) is 0 Å². The van der Waals surface area contributed by atoms with Crippen molar-refractivity contribution in [1.82, 2.24) is 0 Å². The van der Waals surface area contributed by atoms with Gasteiger partial charge in [-0.1, -0.05) is 37.4 Å². The lowest BCUT2D eigenvalue weighted by Gasteiger charge is -2.26. The van der Waals surface area contributed by atoms with E-state index in [4.69, 9.17) is 11.6 Å². The Hall–Kier alpha value is -0.690. The van der Waals surface area contributed by atoms with Crippen molar-refractivity contribution < 1.29 is 0 Å². The number of rotatable bonds is 3. The summed E-state index contributed by atoms with van der Waals surface area (Å²) in [5.41, 5.74) is 2.70. The lowest BCUT2D eigenvalue weighted by molar-refractivity contribution is 0.549. The van der Waals surface area contributed by atoms with Gasteiger partial charge in [0.25, 0.3) is 0 Å². The molecule has 0 aromatic heterocycles. The van der Waals surface area contributed by atoms with Crippen molar-refractivity contribution in [3.05, 3.63) is 28.8 Å². The van der Waals surface area contributed by atoms with Gasteiger partial charge in [0.15, 0.2) is 0 Å². The van der Waals surface area contributed by atoms with E-state index in [1.807, 2.05) is 6.07 Å². The van der Waals surface area contributed by atoms with Crippen LogP contribution in [0.5, 0.6) is 0 Å². The number of hydrogen-bond acceptors (Lipinski definition) is 1. The van der Waals surface area contributed by atoms with E-state index < -0.39 is 0 Å². The molecule has 0 bridgehead atoms. The van der Waals surface area contributed by atoms with E-state index in [1.54, 1.807) is 0 Å². The van der Waals surface area contributed by atoms with Crippen LogP contribution in [0.1, 0.15) is 44.1 Å². The molecule has 15 heavy (non-hydrogen) atoms. The first-order valence-electron chi connectivity index (χ1n) is 5.84. The fourth-order valence-electron chi connectivity index (χ4n) is 2.32. The Morgan fingerprint density at radius 1 is 1.47 bits per heavy atom. The minimum atomic E-state index is 0.735. The molecular formula is C13H18ClN. The van der Waals surface area contributed by atoms with E-state index in [2.05, 4.69) is 24.4 Å². The van der Waals surface area contributed by atoms with E-state index in [-0.39, 0.29) is 0 Å². The summed E-state index contributed by atoms with van der Waals surface area (Å²) in [5.74, 6) is 0.735. The third-order valence-electron chi connectivity index (χ3n) is 3.17. The first-order chi connectivity index (χ1) is 7.31. The molecule has 0 saturated carbocycles. The van der Waals surface area contributed by atoms with Gasteiger partial charge in [-0.25, -0.2) is 0 Å². The van der Waals surface area contributed by atoms with Gasteiger partial charge in [-0.2, -0.15) is 0 Å². The zero-order valence-electron chi connectivity index (χ0n) is 9.22. The molecule has 1 aromatic rings. The molecule has 0 spiro atoms. The average Bonchev–Trinajstić information content (AvgIpc) is 2.25. The number of halogens is 1. The molecule has 2 rings (SSSR count). The smallest absolute Gasteiger partial charge is 0.0426 e. The van der Waals surface area contributed by atoms with Crippen molar-refractivity contribution in [2.24, 2.45) is 0 Å². The largest absolute Gasteiger partial charge is 0.385 e. The molecule has 0 unspecified atom stereocenters. The number of anilines is 1. The average molecular weight is 224 g/mol. The van der Waals surface area contributed by atoms with Gasteiger partial charge in [0.2, 0.25) is 0 Å². The summed E-state index contributed by atoms with van der Waals surface area (Å²) < 4.78 is 0. The van der Waals surface area contributed by atoms with Gasteiger partial charge in [-0.05, 0) is 36.5 Å². The van der Waals surface area contributed by atoms with Crippen LogP contribution in [0.15, 0.2) is 18.2 Å². The zero-order chi connectivity index (χ0) is 10.7. The lowest BCUT2D eigenvalue weighted by atomic mass is 9.87.